The highest BCUT2D eigenvalue weighted by Gasteiger charge is 2.61. The first kappa shape index (κ1) is 25.5. The Balaban J connectivity index is 1.41. The number of thiazole rings is 1. The summed E-state index contributed by atoms with van der Waals surface area (Å²) < 4.78 is 56.2. The third kappa shape index (κ3) is 4.34. The molecule has 192 valence electrons. The fourth-order valence-corrected chi connectivity index (χ4v) is 6.16. The number of halogens is 4. The molecule has 2 aromatic rings. The molecule has 0 N–H and O–H groups in total. The van der Waals surface area contributed by atoms with Crippen LogP contribution in [0.2, 0.25) is 0 Å². The number of carbonyl (C=O) groups excluding carboxylic acids is 1. The molecule has 2 unspecified atom stereocenters. The summed E-state index contributed by atoms with van der Waals surface area (Å²) in [5, 5.41) is 12.0. The van der Waals surface area contributed by atoms with Crippen LogP contribution in [0.15, 0.2) is 53.6 Å². The van der Waals surface area contributed by atoms with Crippen LogP contribution in [0.5, 0.6) is 0 Å². The predicted octanol–water partition coefficient (Wildman–Crippen LogP) is 5.64. The molecular weight excluding hydrogens is 526 g/mol. The highest BCUT2D eigenvalue weighted by Crippen LogP contribution is 2.50. The van der Waals surface area contributed by atoms with Crippen LogP contribution in [-0.4, -0.2) is 37.6 Å². The van der Waals surface area contributed by atoms with Gasteiger partial charge in [-0.05, 0) is 69.0 Å². The molecule has 1 amide bonds. The molecule has 0 bridgehead atoms. The summed E-state index contributed by atoms with van der Waals surface area (Å²) in [7, 11) is 0. The first-order valence-corrected chi connectivity index (χ1v) is 13.0. The molecule has 0 aromatic carbocycles. The molecular formula is C25H21F4N5OS2. The number of hydrogen-bond acceptors (Lipinski definition) is 6. The maximum Gasteiger partial charge on any atom is 0.399 e. The third-order valence-electron chi connectivity index (χ3n) is 7.05. The van der Waals surface area contributed by atoms with E-state index in [1.54, 1.807) is 34.7 Å². The zero-order valence-corrected chi connectivity index (χ0v) is 21.0. The van der Waals surface area contributed by atoms with Gasteiger partial charge in [0, 0.05) is 17.3 Å². The van der Waals surface area contributed by atoms with Crippen molar-refractivity contribution in [2.24, 2.45) is 11.8 Å². The van der Waals surface area contributed by atoms with E-state index in [9.17, 15) is 18.0 Å². The van der Waals surface area contributed by atoms with Gasteiger partial charge in [-0.3, -0.25) is 14.7 Å². The SMILES string of the molecule is N#CC1C=CC(N2C(=O)C3(CCC3)N(c3ccc(CCCc4nccs4)nc3)C2=S)=C(F)C1C(F)(F)F. The molecule has 1 saturated heterocycles. The van der Waals surface area contributed by atoms with Gasteiger partial charge in [0.15, 0.2) is 5.11 Å². The van der Waals surface area contributed by atoms with Crippen LogP contribution in [0.3, 0.4) is 0 Å². The second-order valence-corrected chi connectivity index (χ2v) is 10.5. The smallest absolute Gasteiger partial charge is 0.301 e. The van der Waals surface area contributed by atoms with E-state index < -0.39 is 41.0 Å². The number of nitrogens with zero attached hydrogens (tertiary/aromatic N) is 5. The number of aromatic nitrogens is 2. The summed E-state index contributed by atoms with van der Waals surface area (Å²) >= 11 is 7.16. The minimum absolute atomic E-state index is 0.103. The average molecular weight is 548 g/mol. The molecule has 2 aromatic heterocycles. The quantitative estimate of drug-likeness (QED) is 0.344. The lowest BCUT2D eigenvalue weighted by Gasteiger charge is -2.42. The van der Waals surface area contributed by atoms with Crippen molar-refractivity contribution >= 4 is 40.3 Å². The van der Waals surface area contributed by atoms with Gasteiger partial charge >= 0.3 is 6.18 Å². The van der Waals surface area contributed by atoms with Gasteiger partial charge in [0.25, 0.3) is 5.91 Å². The molecule has 3 aliphatic rings. The third-order valence-corrected chi connectivity index (χ3v) is 8.25. The number of carbonyl (C=O) groups is 1. The Kier molecular flexibility index (Phi) is 6.62. The lowest BCUT2D eigenvalue weighted by Crippen LogP contribution is -2.55. The number of thiocarbonyl (C=S) groups is 1. The minimum atomic E-state index is -5.00. The summed E-state index contributed by atoms with van der Waals surface area (Å²) in [4.78, 5) is 24.8. The van der Waals surface area contributed by atoms with Crippen molar-refractivity contribution in [2.75, 3.05) is 4.90 Å². The van der Waals surface area contributed by atoms with Crippen molar-refractivity contribution < 1.29 is 22.4 Å². The molecule has 1 saturated carbocycles. The number of pyridine rings is 1. The van der Waals surface area contributed by atoms with Crippen molar-refractivity contribution in [3.63, 3.8) is 0 Å². The molecule has 2 aliphatic carbocycles. The van der Waals surface area contributed by atoms with E-state index in [1.165, 1.54) is 6.07 Å². The summed E-state index contributed by atoms with van der Waals surface area (Å²) in [6.45, 7) is 0. The Morgan fingerprint density at radius 2 is 2.03 bits per heavy atom. The normalized spacial score (nSPS) is 23.1. The Hall–Kier alpha value is -3.17. The van der Waals surface area contributed by atoms with Crippen molar-refractivity contribution in [3.05, 3.63) is 64.3 Å². The van der Waals surface area contributed by atoms with Crippen molar-refractivity contribution in [3.8, 4) is 6.07 Å². The second-order valence-electron chi connectivity index (χ2n) is 9.20. The highest BCUT2D eigenvalue weighted by atomic mass is 32.1. The number of alkyl halides is 3. The van der Waals surface area contributed by atoms with E-state index >= 15 is 4.39 Å². The number of nitriles is 1. The Morgan fingerprint density at radius 1 is 1.24 bits per heavy atom. The lowest BCUT2D eigenvalue weighted by molar-refractivity contribution is -0.174. The van der Waals surface area contributed by atoms with Crippen LogP contribution in [-0.2, 0) is 17.6 Å². The summed E-state index contributed by atoms with van der Waals surface area (Å²) in [5.74, 6) is -6.54. The van der Waals surface area contributed by atoms with Crippen molar-refractivity contribution in [1.82, 2.24) is 14.9 Å². The first-order valence-electron chi connectivity index (χ1n) is 11.7. The highest BCUT2D eigenvalue weighted by molar-refractivity contribution is 7.80. The molecule has 6 nitrogen and oxygen atoms in total. The van der Waals surface area contributed by atoms with Crippen LogP contribution in [0.1, 0.15) is 36.4 Å². The van der Waals surface area contributed by atoms with Crippen molar-refractivity contribution in [1.29, 1.82) is 5.26 Å². The molecule has 3 heterocycles. The van der Waals surface area contributed by atoms with E-state index in [4.69, 9.17) is 17.5 Å². The van der Waals surface area contributed by atoms with Crippen LogP contribution >= 0.6 is 23.6 Å². The second kappa shape index (κ2) is 9.61. The van der Waals surface area contributed by atoms with Gasteiger partial charge in [-0.1, -0.05) is 6.08 Å². The summed E-state index contributed by atoms with van der Waals surface area (Å²) in [6.07, 6.45) is 4.39. The Bertz CT molecular complexity index is 1310. The van der Waals surface area contributed by atoms with Gasteiger partial charge < -0.3 is 4.90 Å². The average Bonchev–Trinajstić information content (AvgIpc) is 3.43. The molecule has 1 aliphatic heterocycles. The van der Waals surface area contributed by atoms with E-state index in [2.05, 4.69) is 9.97 Å². The van der Waals surface area contributed by atoms with Crippen LogP contribution < -0.4 is 4.90 Å². The molecule has 2 atom stereocenters. The molecule has 2 fully saturated rings. The maximum absolute atomic E-state index is 15.3. The number of aryl methyl sites for hydroxylation is 2. The number of hydrogen-bond donors (Lipinski definition) is 0. The van der Waals surface area contributed by atoms with E-state index in [0.29, 0.717) is 18.5 Å². The topological polar surface area (TPSA) is 73.1 Å². The zero-order chi connectivity index (χ0) is 26.4. The number of rotatable bonds is 6. The molecule has 37 heavy (non-hydrogen) atoms. The first-order chi connectivity index (χ1) is 17.7. The van der Waals surface area contributed by atoms with E-state index in [1.807, 2.05) is 11.4 Å². The van der Waals surface area contributed by atoms with Crippen molar-refractivity contribution in [2.45, 2.75) is 50.2 Å². The maximum atomic E-state index is 15.3. The fourth-order valence-electron chi connectivity index (χ4n) is 5.04. The standard InChI is InChI=1S/C25H21F4N5OS2/c26-21-18(8-5-15(13-30)20(21)25(27,28)29)33-22(35)24(9-2-10-24)34(23(33)36)17-7-6-16(32-14-17)3-1-4-19-31-11-12-37-19/h5-8,11-12,14-15,20H,1-4,9-10H2. The molecule has 0 radical (unpaired) electrons. The molecule has 12 heteroatoms. The Morgan fingerprint density at radius 3 is 2.59 bits per heavy atom. The van der Waals surface area contributed by atoms with Crippen LogP contribution in [0.4, 0.5) is 23.2 Å². The predicted molar refractivity (Wildman–Crippen MR) is 133 cm³/mol. The van der Waals surface area contributed by atoms with E-state index in [-0.39, 0.29) is 5.11 Å². The van der Waals surface area contributed by atoms with Gasteiger partial charge in [-0.25, -0.2) is 9.37 Å². The lowest BCUT2D eigenvalue weighted by atomic mass is 9.75. The van der Waals surface area contributed by atoms with Crippen LogP contribution in [0, 0.1) is 23.2 Å². The number of amides is 1. The molecule has 1 spiro atoms. The number of anilines is 1. The monoisotopic (exact) mass is 547 g/mol. The Labute approximate surface area is 219 Å². The van der Waals surface area contributed by atoms with E-state index in [0.717, 1.165) is 53.4 Å². The van der Waals surface area contributed by atoms with Crippen LogP contribution in [0.25, 0.3) is 0 Å². The van der Waals surface area contributed by atoms with Gasteiger partial charge in [0.05, 0.1) is 34.6 Å². The minimum Gasteiger partial charge on any atom is -0.301 e. The zero-order valence-electron chi connectivity index (χ0n) is 19.4. The molecule has 5 rings (SSSR count). The van der Waals surface area contributed by atoms with Gasteiger partial charge in [0.1, 0.15) is 17.3 Å². The van der Waals surface area contributed by atoms with Gasteiger partial charge in [-0.2, -0.15) is 18.4 Å². The summed E-state index contributed by atoms with van der Waals surface area (Å²) in [5.41, 5.74) is -0.293. The number of allylic oxidation sites excluding steroid dienone is 3. The van der Waals surface area contributed by atoms with Gasteiger partial charge in [-0.15, -0.1) is 11.3 Å². The summed E-state index contributed by atoms with van der Waals surface area (Å²) in [6, 6.07) is 5.10. The van der Waals surface area contributed by atoms with Gasteiger partial charge in [0.2, 0.25) is 0 Å². The largest absolute Gasteiger partial charge is 0.399 e. The fraction of sp³-hybridized carbons (Fsp3) is 0.400.